The molecule has 17 heavy (non-hydrogen) atoms. The van der Waals surface area contributed by atoms with E-state index in [0.717, 1.165) is 6.33 Å². The minimum absolute atomic E-state index is 0.0305. The van der Waals surface area contributed by atoms with Crippen molar-refractivity contribution in [1.82, 2.24) is 15.3 Å². The molecule has 1 aromatic heterocycles. The summed E-state index contributed by atoms with van der Waals surface area (Å²) in [6.07, 6.45) is 1.16. The third-order valence-electron chi connectivity index (χ3n) is 1.64. The van der Waals surface area contributed by atoms with E-state index in [1.54, 1.807) is 0 Å². The van der Waals surface area contributed by atoms with Crippen LogP contribution < -0.4 is 16.4 Å². The fraction of sp³-hybridized carbons (Fsp3) is 0.250. The molecule has 9 heteroatoms. The Hall–Kier alpha value is -1.44. The summed E-state index contributed by atoms with van der Waals surface area (Å²) in [5.41, 5.74) is 5.05. The summed E-state index contributed by atoms with van der Waals surface area (Å²) < 4.78 is 0. The predicted molar refractivity (Wildman–Crippen MR) is 62.7 cm³/mol. The number of halogens is 2. The molecule has 0 aliphatic carbocycles. The molecule has 0 aromatic carbocycles. The van der Waals surface area contributed by atoms with Crippen LogP contribution in [0.1, 0.15) is 0 Å². The highest BCUT2D eigenvalue weighted by Crippen LogP contribution is 2.24. The first-order valence-corrected chi connectivity index (χ1v) is 5.22. The predicted octanol–water partition coefficient (Wildman–Crippen LogP) is -0.203. The van der Waals surface area contributed by atoms with E-state index in [9.17, 15) is 9.59 Å². The van der Waals surface area contributed by atoms with E-state index in [1.165, 1.54) is 0 Å². The van der Waals surface area contributed by atoms with E-state index in [2.05, 4.69) is 20.6 Å². The Labute approximate surface area is 107 Å². The van der Waals surface area contributed by atoms with Crippen LogP contribution >= 0.6 is 23.2 Å². The lowest BCUT2D eigenvalue weighted by Gasteiger charge is -2.06. The number of amides is 2. The van der Waals surface area contributed by atoms with Crippen molar-refractivity contribution in [3.63, 3.8) is 0 Å². The van der Waals surface area contributed by atoms with Gasteiger partial charge in [-0.2, -0.15) is 0 Å². The second kappa shape index (κ2) is 6.33. The van der Waals surface area contributed by atoms with Crippen molar-refractivity contribution in [3.05, 3.63) is 16.5 Å². The Morgan fingerprint density at radius 2 is 2.00 bits per heavy atom. The molecule has 0 bridgehead atoms. The molecule has 1 heterocycles. The number of anilines is 1. The highest BCUT2D eigenvalue weighted by atomic mass is 35.5. The van der Waals surface area contributed by atoms with Crippen LogP contribution in [0.4, 0.5) is 5.82 Å². The van der Waals surface area contributed by atoms with Crippen molar-refractivity contribution in [2.75, 3.05) is 18.4 Å². The zero-order chi connectivity index (χ0) is 12.8. The van der Waals surface area contributed by atoms with E-state index in [1.807, 2.05) is 0 Å². The Morgan fingerprint density at radius 3 is 2.65 bits per heavy atom. The summed E-state index contributed by atoms with van der Waals surface area (Å²) in [6, 6.07) is 0. The Balaban J connectivity index is 2.56. The van der Waals surface area contributed by atoms with Gasteiger partial charge in [0.2, 0.25) is 11.8 Å². The first-order valence-electron chi connectivity index (χ1n) is 4.47. The van der Waals surface area contributed by atoms with Gasteiger partial charge in [-0.25, -0.2) is 9.97 Å². The number of hydrogen-bond acceptors (Lipinski definition) is 5. The lowest BCUT2D eigenvalue weighted by molar-refractivity contribution is -0.123. The fourth-order valence-corrected chi connectivity index (χ4v) is 1.14. The molecule has 0 spiro atoms. The zero-order valence-electron chi connectivity index (χ0n) is 8.54. The number of hydrogen-bond donors (Lipinski definition) is 3. The van der Waals surface area contributed by atoms with Gasteiger partial charge < -0.3 is 16.4 Å². The molecule has 2 amide bonds. The van der Waals surface area contributed by atoms with Gasteiger partial charge in [-0.05, 0) is 0 Å². The Kier molecular flexibility index (Phi) is 5.08. The molecule has 0 aliphatic rings. The van der Waals surface area contributed by atoms with Crippen LogP contribution in [0.25, 0.3) is 0 Å². The van der Waals surface area contributed by atoms with Gasteiger partial charge in [-0.15, -0.1) is 0 Å². The second-order valence-corrected chi connectivity index (χ2v) is 3.59. The molecule has 1 aromatic rings. The number of nitrogens with two attached hydrogens (primary N) is 1. The maximum Gasteiger partial charge on any atom is 0.244 e. The van der Waals surface area contributed by atoms with Gasteiger partial charge in [0.25, 0.3) is 0 Å². The molecular weight excluding hydrogens is 269 g/mol. The molecule has 0 aliphatic heterocycles. The number of carbonyl (C=O) groups is 2. The van der Waals surface area contributed by atoms with Crippen LogP contribution in [-0.4, -0.2) is 34.9 Å². The third-order valence-corrected chi connectivity index (χ3v) is 2.38. The van der Waals surface area contributed by atoms with E-state index in [4.69, 9.17) is 28.9 Å². The van der Waals surface area contributed by atoms with Crippen LogP contribution in [0.2, 0.25) is 10.2 Å². The molecule has 0 fully saturated rings. The van der Waals surface area contributed by atoms with Gasteiger partial charge in [0.1, 0.15) is 11.3 Å². The molecule has 0 radical (unpaired) electrons. The highest BCUT2D eigenvalue weighted by molar-refractivity contribution is 6.42. The summed E-state index contributed by atoms with van der Waals surface area (Å²) in [6.45, 7) is -0.415. The lowest BCUT2D eigenvalue weighted by Crippen LogP contribution is -2.36. The molecule has 1 rings (SSSR count). The van der Waals surface area contributed by atoms with E-state index >= 15 is 0 Å². The van der Waals surface area contributed by atoms with Crippen LogP contribution in [0.15, 0.2) is 6.33 Å². The minimum atomic E-state index is -0.497. The maximum atomic E-state index is 11.4. The second-order valence-electron chi connectivity index (χ2n) is 2.86. The largest absolute Gasteiger partial charge is 0.346 e. The average molecular weight is 278 g/mol. The lowest BCUT2D eigenvalue weighted by atomic mass is 10.5. The molecule has 7 nitrogen and oxygen atoms in total. The monoisotopic (exact) mass is 277 g/mol. The molecule has 0 unspecified atom stereocenters. The summed E-state index contributed by atoms with van der Waals surface area (Å²) in [7, 11) is 0. The minimum Gasteiger partial charge on any atom is -0.346 e. The number of carbonyl (C=O) groups excluding carboxylic acids is 2. The van der Waals surface area contributed by atoms with Gasteiger partial charge in [0, 0.05) is 0 Å². The van der Waals surface area contributed by atoms with Gasteiger partial charge in [-0.3, -0.25) is 9.59 Å². The van der Waals surface area contributed by atoms with E-state index in [0.29, 0.717) is 0 Å². The number of nitrogens with zero attached hydrogens (tertiary/aromatic N) is 2. The topological polar surface area (TPSA) is 110 Å². The zero-order valence-corrected chi connectivity index (χ0v) is 10.0. The van der Waals surface area contributed by atoms with Crippen molar-refractivity contribution in [2.24, 2.45) is 5.73 Å². The van der Waals surface area contributed by atoms with Crippen LogP contribution in [0.5, 0.6) is 0 Å². The highest BCUT2D eigenvalue weighted by Gasteiger charge is 2.11. The van der Waals surface area contributed by atoms with Crippen LogP contribution in [0, 0.1) is 0 Å². The summed E-state index contributed by atoms with van der Waals surface area (Å²) in [5.74, 6) is -0.853. The normalized spacial score (nSPS) is 9.82. The molecular formula is C8H9Cl2N5O2. The third kappa shape index (κ3) is 4.14. The summed E-state index contributed by atoms with van der Waals surface area (Å²) >= 11 is 11.4. The van der Waals surface area contributed by atoms with Gasteiger partial charge >= 0.3 is 0 Å². The van der Waals surface area contributed by atoms with Crippen LogP contribution in [-0.2, 0) is 9.59 Å². The molecule has 4 N–H and O–H groups in total. The standard InChI is InChI=1S/C8H9Cl2N5O2/c9-6-7(10)13-3-14-8(6)15-5(17)2-12-4(16)1-11/h3H,1-2,11H2,(H,12,16)(H,13,14,15,17). The molecule has 0 saturated heterocycles. The molecule has 92 valence electrons. The quantitative estimate of drug-likeness (QED) is 0.660. The number of nitrogens with one attached hydrogen (secondary N) is 2. The van der Waals surface area contributed by atoms with Crippen LogP contribution in [0.3, 0.4) is 0 Å². The van der Waals surface area contributed by atoms with E-state index < -0.39 is 11.8 Å². The van der Waals surface area contributed by atoms with Gasteiger partial charge in [-0.1, -0.05) is 23.2 Å². The SMILES string of the molecule is NCC(=O)NCC(=O)Nc1ncnc(Cl)c1Cl. The molecule has 0 atom stereocenters. The van der Waals surface area contributed by atoms with Gasteiger partial charge in [0.05, 0.1) is 13.1 Å². The Morgan fingerprint density at radius 1 is 1.29 bits per heavy atom. The first-order chi connectivity index (χ1) is 8.04. The summed E-state index contributed by atoms with van der Waals surface area (Å²) in [5, 5.41) is 4.72. The first kappa shape index (κ1) is 13.6. The molecule has 0 saturated carbocycles. The Bertz CT molecular complexity index is 440. The number of rotatable bonds is 4. The van der Waals surface area contributed by atoms with Crippen molar-refractivity contribution >= 4 is 40.8 Å². The van der Waals surface area contributed by atoms with Gasteiger partial charge in [0.15, 0.2) is 11.0 Å². The van der Waals surface area contributed by atoms with Crippen molar-refractivity contribution in [2.45, 2.75) is 0 Å². The van der Waals surface area contributed by atoms with Crippen molar-refractivity contribution in [3.8, 4) is 0 Å². The van der Waals surface area contributed by atoms with Crippen molar-refractivity contribution < 1.29 is 9.59 Å². The van der Waals surface area contributed by atoms with Crippen molar-refractivity contribution in [1.29, 1.82) is 0 Å². The average Bonchev–Trinajstić information content (AvgIpc) is 2.32. The van der Waals surface area contributed by atoms with E-state index in [-0.39, 0.29) is 29.1 Å². The smallest absolute Gasteiger partial charge is 0.244 e. The maximum absolute atomic E-state index is 11.4. The fourth-order valence-electron chi connectivity index (χ4n) is 0.863. The summed E-state index contributed by atoms with van der Waals surface area (Å²) in [4.78, 5) is 29.5. The number of aromatic nitrogens is 2.